The smallest absolute Gasteiger partial charge is 0.346 e. The van der Waals surface area contributed by atoms with Gasteiger partial charge >= 0.3 is 5.97 Å². The van der Waals surface area contributed by atoms with Crippen LogP contribution in [0, 0.1) is 11.8 Å². The third kappa shape index (κ3) is 4.96. The SMILES string of the molecule is C=C1OC(=O)C(C(O[Si](C)(C)C(C)(C)C)[C@H](C)C[C@H](C)CO)=C1OC. The van der Waals surface area contributed by atoms with E-state index in [4.69, 9.17) is 13.9 Å². The molecule has 0 fully saturated rings. The van der Waals surface area contributed by atoms with Crippen LogP contribution in [0.5, 0.6) is 0 Å². The third-order valence-electron chi connectivity index (χ3n) is 5.25. The van der Waals surface area contributed by atoms with Crippen molar-refractivity contribution in [2.45, 2.75) is 65.3 Å². The van der Waals surface area contributed by atoms with Crippen molar-refractivity contribution in [1.29, 1.82) is 0 Å². The fraction of sp³-hybridized carbons (Fsp3) is 0.737. The molecule has 25 heavy (non-hydrogen) atoms. The molecule has 0 aliphatic carbocycles. The molecule has 0 radical (unpaired) electrons. The van der Waals surface area contributed by atoms with E-state index in [9.17, 15) is 9.90 Å². The number of cyclic esters (lactones) is 1. The summed E-state index contributed by atoms with van der Waals surface area (Å²) in [5, 5.41) is 9.41. The number of aliphatic hydroxyl groups excluding tert-OH is 1. The van der Waals surface area contributed by atoms with E-state index in [1.54, 1.807) is 0 Å². The van der Waals surface area contributed by atoms with Crippen molar-refractivity contribution < 1.29 is 23.8 Å². The molecule has 0 aromatic rings. The zero-order valence-electron chi connectivity index (χ0n) is 16.9. The lowest BCUT2D eigenvalue weighted by Crippen LogP contribution is -2.47. The minimum Gasteiger partial charge on any atom is -0.492 e. The fourth-order valence-corrected chi connectivity index (χ4v) is 4.05. The Bertz CT molecular complexity index is 545. The Morgan fingerprint density at radius 3 is 2.28 bits per heavy atom. The highest BCUT2D eigenvalue weighted by atomic mass is 28.4. The van der Waals surface area contributed by atoms with Crippen molar-refractivity contribution in [2.24, 2.45) is 11.8 Å². The molecular weight excluding hydrogens is 336 g/mol. The van der Waals surface area contributed by atoms with Crippen LogP contribution < -0.4 is 0 Å². The first-order valence-electron chi connectivity index (χ1n) is 8.84. The molecule has 1 aliphatic heterocycles. The average molecular weight is 371 g/mol. The molecular formula is C19H34O5Si. The topological polar surface area (TPSA) is 65.0 Å². The minimum atomic E-state index is -2.14. The van der Waals surface area contributed by atoms with Gasteiger partial charge in [-0.2, -0.15) is 0 Å². The Kier molecular flexibility index (Phi) is 7.07. The number of esters is 1. The van der Waals surface area contributed by atoms with Crippen molar-refractivity contribution in [3.8, 4) is 0 Å². The van der Waals surface area contributed by atoms with Crippen molar-refractivity contribution in [3.05, 3.63) is 23.7 Å². The molecule has 5 nitrogen and oxygen atoms in total. The highest BCUT2D eigenvalue weighted by molar-refractivity contribution is 6.74. The molecule has 144 valence electrons. The number of methoxy groups -OCH3 is 1. The summed E-state index contributed by atoms with van der Waals surface area (Å²) in [6.07, 6.45) is 0.285. The van der Waals surface area contributed by atoms with Crippen LogP contribution in [0.15, 0.2) is 23.7 Å². The lowest BCUT2D eigenvalue weighted by Gasteiger charge is -2.41. The van der Waals surface area contributed by atoms with Crippen LogP contribution in [0.25, 0.3) is 0 Å². The quantitative estimate of drug-likeness (QED) is 0.517. The summed E-state index contributed by atoms with van der Waals surface area (Å²) >= 11 is 0. The maximum atomic E-state index is 12.5. The molecule has 1 aliphatic rings. The monoisotopic (exact) mass is 370 g/mol. The van der Waals surface area contributed by atoms with Crippen LogP contribution in [-0.2, 0) is 18.7 Å². The lowest BCUT2D eigenvalue weighted by molar-refractivity contribution is -0.134. The predicted molar refractivity (Wildman–Crippen MR) is 101 cm³/mol. The molecule has 0 saturated heterocycles. The van der Waals surface area contributed by atoms with E-state index in [0.717, 1.165) is 6.42 Å². The standard InChI is InChI=1S/C19H34O5Si/c1-12(11-20)10-13(2)16(24-25(8,9)19(4,5)6)15-17(22-7)14(3)23-18(15)21/h12-13,16,20H,3,10-11H2,1-2,4-9H3/t12-,13+,16?/m0/s1. The molecule has 1 N–H and O–H groups in total. The Balaban J connectivity index is 3.31. The van der Waals surface area contributed by atoms with Gasteiger partial charge in [0, 0.05) is 6.61 Å². The molecule has 0 aromatic heterocycles. The van der Waals surface area contributed by atoms with Crippen LogP contribution in [0.3, 0.4) is 0 Å². The summed E-state index contributed by atoms with van der Waals surface area (Å²) in [6, 6.07) is 0. The third-order valence-corrected chi connectivity index (χ3v) is 9.71. The summed E-state index contributed by atoms with van der Waals surface area (Å²) in [4.78, 5) is 12.5. The minimum absolute atomic E-state index is 0.000871. The van der Waals surface area contributed by atoms with Gasteiger partial charge in [0.15, 0.2) is 19.8 Å². The Hall–Kier alpha value is -1.11. The van der Waals surface area contributed by atoms with Gasteiger partial charge in [-0.25, -0.2) is 4.79 Å². The molecule has 0 saturated carbocycles. The van der Waals surface area contributed by atoms with Gasteiger partial charge in [0.25, 0.3) is 0 Å². The molecule has 1 rings (SSSR count). The molecule has 1 heterocycles. The molecule has 3 atom stereocenters. The number of hydrogen-bond acceptors (Lipinski definition) is 5. The Labute approximate surface area is 153 Å². The summed E-state index contributed by atoms with van der Waals surface area (Å²) < 4.78 is 17.2. The Morgan fingerprint density at radius 1 is 1.28 bits per heavy atom. The number of ether oxygens (including phenoxy) is 2. The molecule has 0 aromatic carbocycles. The first-order chi connectivity index (χ1) is 11.4. The van der Waals surface area contributed by atoms with Crippen molar-refractivity contribution in [2.75, 3.05) is 13.7 Å². The highest BCUT2D eigenvalue weighted by Crippen LogP contribution is 2.42. The fourth-order valence-electron chi connectivity index (χ4n) is 2.71. The average Bonchev–Trinajstić information content (AvgIpc) is 2.76. The predicted octanol–water partition coefficient (Wildman–Crippen LogP) is 4.00. The molecule has 0 spiro atoms. The van der Waals surface area contributed by atoms with E-state index in [-0.39, 0.29) is 29.2 Å². The maximum Gasteiger partial charge on any atom is 0.346 e. The molecule has 0 bridgehead atoms. The van der Waals surface area contributed by atoms with E-state index < -0.39 is 20.4 Å². The van der Waals surface area contributed by atoms with Gasteiger partial charge in [-0.05, 0) is 36.4 Å². The van der Waals surface area contributed by atoms with Gasteiger partial charge in [0.05, 0.1) is 13.2 Å². The van der Waals surface area contributed by atoms with Crippen molar-refractivity contribution in [3.63, 3.8) is 0 Å². The van der Waals surface area contributed by atoms with E-state index in [1.807, 2.05) is 13.8 Å². The van der Waals surface area contributed by atoms with Crippen molar-refractivity contribution in [1.82, 2.24) is 0 Å². The van der Waals surface area contributed by atoms with Gasteiger partial charge in [0.1, 0.15) is 5.57 Å². The first kappa shape index (κ1) is 21.9. The van der Waals surface area contributed by atoms with E-state index in [0.29, 0.717) is 11.3 Å². The van der Waals surface area contributed by atoms with E-state index >= 15 is 0 Å². The lowest BCUT2D eigenvalue weighted by atomic mass is 9.89. The first-order valence-corrected chi connectivity index (χ1v) is 11.7. The van der Waals surface area contributed by atoms with Crippen LogP contribution in [0.1, 0.15) is 41.0 Å². The second-order valence-electron chi connectivity index (χ2n) is 8.56. The zero-order chi connectivity index (χ0) is 19.6. The van der Waals surface area contributed by atoms with Gasteiger partial charge in [-0.1, -0.05) is 41.2 Å². The van der Waals surface area contributed by atoms with Crippen LogP contribution in [0.2, 0.25) is 18.1 Å². The van der Waals surface area contributed by atoms with Gasteiger partial charge in [-0.15, -0.1) is 0 Å². The maximum absolute atomic E-state index is 12.5. The summed E-state index contributed by atoms with van der Waals surface area (Å²) in [5.41, 5.74) is 0.412. The van der Waals surface area contributed by atoms with Gasteiger partial charge in [0.2, 0.25) is 0 Å². The van der Waals surface area contributed by atoms with Crippen LogP contribution >= 0.6 is 0 Å². The molecule has 6 heteroatoms. The largest absolute Gasteiger partial charge is 0.492 e. The van der Waals surface area contributed by atoms with Gasteiger partial charge in [-0.3, -0.25) is 0 Å². The summed E-state index contributed by atoms with van der Waals surface area (Å²) in [6.45, 7) is 18.7. The van der Waals surface area contributed by atoms with Crippen LogP contribution in [-0.4, -0.2) is 39.2 Å². The zero-order valence-corrected chi connectivity index (χ0v) is 17.9. The van der Waals surface area contributed by atoms with E-state index in [1.165, 1.54) is 7.11 Å². The Morgan fingerprint density at radius 2 is 1.84 bits per heavy atom. The summed E-state index contributed by atoms with van der Waals surface area (Å²) in [5.74, 6) is 0.294. The molecule has 0 amide bonds. The van der Waals surface area contributed by atoms with E-state index in [2.05, 4.69) is 40.4 Å². The summed E-state index contributed by atoms with van der Waals surface area (Å²) in [7, 11) is -0.636. The second-order valence-corrected chi connectivity index (χ2v) is 13.3. The number of carbonyl (C=O) groups excluding carboxylic acids is 1. The van der Waals surface area contributed by atoms with Crippen molar-refractivity contribution >= 4 is 14.3 Å². The normalized spacial score (nSPS) is 19.7. The number of carbonyl (C=O) groups is 1. The number of hydrogen-bond donors (Lipinski definition) is 1. The number of rotatable bonds is 8. The van der Waals surface area contributed by atoms with Crippen LogP contribution in [0.4, 0.5) is 0 Å². The second kappa shape index (κ2) is 8.06. The number of aliphatic hydroxyl groups is 1. The molecule has 1 unspecified atom stereocenters. The van der Waals surface area contributed by atoms with Gasteiger partial charge < -0.3 is 19.0 Å². The highest BCUT2D eigenvalue weighted by Gasteiger charge is 2.45.